The molecule has 2 N–H and O–H groups in total. The number of aromatic nitrogens is 1. The molecule has 6 heteroatoms. The van der Waals surface area contributed by atoms with Gasteiger partial charge in [0.2, 0.25) is 0 Å². The number of esters is 1. The fraction of sp³-hybridized carbons (Fsp3) is 0.278. The first-order valence-corrected chi connectivity index (χ1v) is 7.97. The van der Waals surface area contributed by atoms with Gasteiger partial charge in [-0.3, -0.25) is 4.79 Å². The lowest BCUT2D eigenvalue weighted by atomic mass is 10.1. The van der Waals surface area contributed by atoms with E-state index in [0.29, 0.717) is 28.7 Å². The molecule has 0 spiro atoms. The molecule has 1 fully saturated rings. The summed E-state index contributed by atoms with van der Waals surface area (Å²) in [7, 11) is 0. The zero-order valence-electron chi connectivity index (χ0n) is 13.4. The number of pyridine rings is 1. The lowest BCUT2D eigenvalue weighted by molar-refractivity contribution is 0.0527. The van der Waals surface area contributed by atoms with Crippen molar-refractivity contribution in [3.05, 3.63) is 53.7 Å². The van der Waals surface area contributed by atoms with E-state index in [-0.39, 0.29) is 12.5 Å². The highest BCUT2D eigenvalue weighted by Crippen LogP contribution is 2.24. The van der Waals surface area contributed by atoms with E-state index in [2.05, 4.69) is 15.6 Å². The number of benzene rings is 1. The van der Waals surface area contributed by atoms with Crippen LogP contribution in [0, 0.1) is 0 Å². The summed E-state index contributed by atoms with van der Waals surface area (Å²) in [6.07, 6.45) is 3.85. The highest BCUT2D eigenvalue weighted by Gasteiger charge is 2.21. The monoisotopic (exact) mass is 325 g/mol. The van der Waals surface area contributed by atoms with E-state index < -0.39 is 5.97 Å². The van der Waals surface area contributed by atoms with Crippen LogP contribution in [0.15, 0.2) is 42.6 Å². The third-order valence-corrected chi connectivity index (χ3v) is 3.62. The lowest BCUT2D eigenvalue weighted by Crippen LogP contribution is -2.16. The predicted molar refractivity (Wildman–Crippen MR) is 91.2 cm³/mol. The van der Waals surface area contributed by atoms with Crippen LogP contribution in [0.1, 0.15) is 40.5 Å². The van der Waals surface area contributed by atoms with Gasteiger partial charge in [0.15, 0.2) is 0 Å². The van der Waals surface area contributed by atoms with Crippen LogP contribution in [0.4, 0.5) is 11.5 Å². The van der Waals surface area contributed by atoms with Gasteiger partial charge in [-0.05, 0) is 44.0 Å². The summed E-state index contributed by atoms with van der Waals surface area (Å²) >= 11 is 0. The second kappa shape index (κ2) is 7.12. The third-order valence-electron chi connectivity index (χ3n) is 3.62. The quantitative estimate of drug-likeness (QED) is 0.798. The van der Waals surface area contributed by atoms with Gasteiger partial charge in [0.25, 0.3) is 5.91 Å². The zero-order valence-corrected chi connectivity index (χ0v) is 13.4. The molecule has 6 nitrogen and oxygen atoms in total. The average Bonchev–Trinajstić information content (AvgIpc) is 3.40. The molecule has 1 aromatic carbocycles. The topological polar surface area (TPSA) is 80.3 Å². The Kier molecular flexibility index (Phi) is 4.74. The van der Waals surface area contributed by atoms with Crippen LogP contribution in [-0.2, 0) is 4.74 Å². The number of para-hydroxylation sites is 1. The standard InChI is InChI=1S/C18H19N3O3/c1-2-24-18(23)14-5-3-4-6-15(14)21-17(22)12-9-10-19-16(11-12)20-13-7-8-13/h3-6,9-11,13H,2,7-8H2,1H3,(H,19,20)(H,21,22). The number of amides is 1. The molecule has 1 aliphatic carbocycles. The first-order valence-electron chi connectivity index (χ1n) is 7.97. The second-order valence-corrected chi connectivity index (χ2v) is 5.57. The van der Waals surface area contributed by atoms with Gasteiger partial charge in [0.1, 0.15) is 5.82 Å². The summed E-state index contributed by atoms with van der Waals surface area (Å²) in [4.78, 5) is 28.7. The van der Waals surface area contributed by atoms with Crippen molar-refractivity contribution in [1.29, 1.82) is 0 Å². The van der Waals surface area contributed by atoms with Crippen LogP contribution in [-0.4, -0.2) is 29.5 Å². The molecular weight excluding hydrogens is 306 g/mol. The summed E-state index contributed by atoms with van der Waals surface area (Å²) in [6, 6.07) is 10.6. The van der Waals surface area contributed by atoms with Gasteiger partial charge in [0.05, 0.1) is 17.9 Å². The van der Waals surface area contributed by atoms with Crippen molar-refractivity contribution in [3.63, 3.8) is 0 Å². The van der Waals surface area contributed by atoms with Crippen molar-refractivity contribution < 1.29 is 14.3 Å². The van der Waals surface area contributed by atoms with Crippen LogP contribution in [0.2, 0.25) is 0 Å². The van der Waals surface area contributed by atoms with E-state index >= 15 is 0 Å². The summed E-state index contributed by atoms with van der Waals surface area (Å²) < 4.78 is 5.02. The highest BCUT2D eigenvalue weighted by molar-refractivity contribution is 6.08. The first-order chi connectivity index (χ1) is 11.7. The minimum atomic E-state index is -0.459. The molecule has 1 aromatic heterocycles. The maximum atomic E-state index is 12.5. The summed E-state index contributed by atoms with van der Waals surface area (Å²) in [5.74, 6) is -0.0731. The van der Waals surface area contributed by atoms with E-state index in [9.17, 15) is 9.59 Å². The summed E-state index contributed by atoms with van der Waals surface area (Å²) in [5, 5.41) is 6.02. The van der Waals surface area contributed by atoms with Crippen LogP contribution < -0.4 is 10.6 Å². The van der Waals surface area contributed by atoms with Crippen LogP contribution >= 0.6 is 0 Å². The molecule has 3 rings (SSSR count). The molecule has 0 bridgehead atoms. The molecule has 24 heavy (non-hydrogen) atoms. The van der Waals surface area contributed by atoms with Crippen molar-refractivity contribution in [1.82, 2.24) is 4.98 Å². The van der Waals surface area contributed by atoms with Gasteiger partial charge in [-0.1, -0.05) is 12.1 Å². The molecule has 0 radical (unpaired) electrons. The van der Waals surface area contributed by atoms with Crippen LogP contribution in [0.3, 0.4) is 0 Å². The fourth-order valence-corrected chi connectivity index (χ4v) is 2.26. The van der Waals surface area contributed by atoms with Crippen molar-refractivity contribution in [2.45, 2.75) is 25.8 Å². The van der Waals surface area contributed by atoms with Gasteiger partial charge in [-0.2, -0.15) is 0 Å². The van der Waals surface area contributed by atoms with E-state index in [4.69, 9.17) is 4.74 Å². The smallest absolute Gasteiger partial charge is 0.340 e. The Morgan fingerprint density at radius 2 is 2.04 bits per heavy atom. The number of hydrogen-bond acceptors (Lipinski definition) is 5. The molecule has 2 aromatic rings. The Hall–Kier alpha value is -2.89. The second-order valence-electron chi connectivity index (χ2n) is 5.57. The molecule has 1 aliphatic rings. The molecule has 0 aliphatic heterocycles. The maximum Gasteiger partial charge on any atom is 0.340 e. The number of nitrogens with one attached hydrogen (secondary N) is 2. The Bertz CT molecular complexity index is 757. The van der Waals surface area contributed by atoms with Gasteiger partial charge >= 0.3 is 5.97 Å². The molecule has 1 heterocycles. The molecular formula is C18H19N3O3. The normalized spacial score (nSPS) is 13.2. The third kappa shape index (κ3) is 3.90. The fourth-order valence-electron chi connectivity index (χ4n) is 2.26. The first kappa shape index (κ1) is 16.0. The summed E-state index contributed by atoms with van der Waals surface area (Å²) in [6.45, 7) is 2.02. The van der Waals surface area contributed by atoms with Gasteiger partial charge < -0.3 is 15.4 Å². The number of carbonyl (C=O) groups excluding carboxylic acids is 2. The Morgan fingerprint density at radius 3 is 2.79 bits per heavy atom. The number of anilines is 2. The van der Waals surface area contributed by atoms with Gasteiger partial charge in [-0.25, -0.2) is 9.78 Å². The number of hydrogen-bond donors (Lipinski definition) is 2. The SMILES string of the molecule is CCOC(=O)c1ccccc1NC(=O)c1ccnc(NC2CC2)c1. The van der Waals surface area contributed by atoms with Crippen molar-refractivity contribution in [2.24, 2.45) is 0 Å². The van der Waals surface area contributed by atoms with Gasteiger partial charge in [-0.15, -0.1) is 0 Å². The minimum Gasteiger partial charge on any atom is -0.462 e. The van der Waals surface area contributed by atoms with Crippen molar-refractivity contribution >= 4 is 23.4 Å². The van der Waals surface area contributed by atoms with Crippen molar-refractivity contribution in [2.75, 3.05) is 17.2 Å². The molecule has 0 unspecified atom stereocenters. The van der Waals surface area contributed by atoms with Gasteiger partial charge in [0, 0.05) is 17.8 Å². The number of carbonyl (C=O) groups is 2. The molecule has 0 atom stereocenters. The molecule has 0 saturated heterocycles. The number of nitrogens with zero attached hydrogens (tertiary/aromatic N) is 1. The average molecular weight is 325 g/mol. The van der Waals surface area contributed by atoms with E-state index in [1.165, 1.54) is 0 Å². The Morgan fingerprint density at radius 1 is 1.25 bits per heavy atom. The predicted octanol–water partition coefficient (Wildman–Crippen LogP) is 3.08. The maximum absolute atomic E-state index is 12.5. The lowest BCUT2D eigenvalue weighted by Gasteiger charge is -2.11. The summed E-state index contributed by atoms with van der Waals surface area (Å²) in [5.41, 5.74) is 1.24. The minimum absolute atomic E-state index is 0.279. The van der Waals surface area contributed by atoms with Crippen molar-refractivity contribution in [3.8, 4) is 0 Å². The highest BCUT2D eigenvalue weighted by atomic mass is 16.5. The number of rotatable bonds is 6. The Balaban J connectivity index is 1.76. The van der Waals surface area contributed by atoms with E-state index in [0.717, 1.165) is 12.8 Å². The largest absolute Gasteiger partial charge is 0.462 e. The zero-order chi connectivity index (χ0) is 16.9. The van der Waals surface area contributed by atoms with Crippen LogP contribution in [0.5, 0.6) is 0 Å². The Labute approximate surface area is 140 Å². The van der Waals surface area contributed by atoms with E-state index in [1.54, 1.807) is 49.5 Å². The van der Waals surface area contributed by atoms with E-state index in [1.807, 2.05) is 0 Å². The molecule has 1 amide bonds. The van der Waals surface area contributed by atoms with Crippen LogP contribution in [0.25, 0.3) is 0 Å². The molecule has 1 saturated carbocycles. The molecule has 124 valence electrons. The number of ether oxygens (including phenoxy) is 1.